The van der Waals surface area contributed by atoms with Crippen molar-refractivity contribution in [2.75, 3.05) is 0 Å². The summed E-state index contributed by atoms with van der Waals surface area (Å²) in [6.45, 7) is 3.98. The van der Waals surface area contributed by atoms with E-state index in [4.69, 9.17) is 5.73 Å². The predicted molar refractivity (Wildman–Crippen MR) is 100 cm³/mol. The number of alkyl halides is 2. The van der Waals surface area contributed by atoms with Crippen LogP contribution in [0.2, 0.25) is 0 Å². The van der Waals surface area contributed by atoms with E-state index in [2.05, 4.69) is 4.98 Å². The third-order valence-corrected chi connectivity index (χ3v) is 5.52. The first-order valence-corrected chi connectivity index (χ1v) is 9.29. The van der Waals surface area contributed by atoms with Crippen LogP contribution < -0.4 is 11.3 Å². The van der Waals surface area contributed by atoms with E-state index in [0.29, 0.717) is 22.5 Å². The van der Waals surface area contributed by atoms with Crippen molar-refractivity contribution in [1.82, 2.24) is 9.38 Å². The molecule has 0 radical (unpaired) electrons. The number of benzene rings is 1. The van der Waals surface area contributed by atoms with Crippen LogP contribution in [-0.2, 0) is 17.1 Å². The Labute approximate surface area is 162 Å². The van der Waals surface area contributed by atoms with Crippen molar-refractivity contribution < 1.29 is 18.0 Å². The third kappa shape index (κ3) is 3.54. The summed E-state index contributed by atoms with van der Waals surface area (Å²) in [6.07, 6.45) is -0.112. The first-order valence-electron chi connectivity index (χ1n) is 8.47. The van der Waals surface area contributed by atoms with E-state index >= 15 is 0 Å². The molecule has 28 heavy (non-hydrogen) atoms. The Kier molecular flexibility index (Phi) is 5.05. The van der Waals surface area contributed by atoms with E-state index in [1.165, 1.54) is 33.9 Å². The number of carbonyl (C=O) groups is 1. The molecule has 9 heteroatoms. The molecular weight excluding hydrogens is 391 g/mol. The van der Waals surface area contributed by atoms with E-state index in [-0.39, 0.29) is 17.7 Å². The van der Waals surface area contributed by atoms with Gasteiger partial charge in [0.05, 0.1) is 22.9 Å². The topological polar surface area (TPSA) is 77.5 Å². The van der Waals surface area contributed by atoms with Crippen LogP contribution in [0.1, 0.15) is 47.2 Å². The van der Waals surface area contributed by atoms with E-state index < -0.39 is 34.7 Å². The first-order chi connectivity index (χ1) is 13.0. The van der Waals surface area contributed by atoms with Crippen molar-refractivity contribution in [2.45, 2.75) is 39.0 Å². The van der Waals surface area contributed by atoms with Crippen molar-refractivity contribution in [2.24, 2.45) is 5.73 Å². The first kappa shape index (κ1) is 20.1. The zero-order valence-electron chi connectivity index (χ0n) is 15.4. The highest BCUT2D eigenvalue weighted by molar-refractivity contribution is 7.17. The number of hydrogen-bond acceptors (Lipinski definition) is 4. The molecule has 0 saturated carbocycles. The molecule has 1 aromatic carbocycles. The minimum absolute atomic E-state index is 0.0225. The second-order valence-corrected chi connectivity index (χ2v) is 7.90. The van der Waals surface area contributed by atoms with Gasteiger partial charge in [-0.25, -0.2) is 18.2 Å². The van der Waals surface area contributed by atoms with Gasteiger partial charge in [-0.2, -0.15) is 0 Å². The maximum absolute atomic E-state index is 14.5. The molecule has 0 aliphatic rings. The lowest BCUT2D eigenvalue weighted by atomic mass is 10.0. The molecule has 0 fully saturated rings. The number of fused-ring (bicyclic) bond motifs is 1. The van der Waals surface area contributed by atoms with Gasteiger partial charge < -0.3 is 5.73 Å². The molecule has 1 unspecified atom stereocenters. The van der Waals surface area contributed by atoms with Crippen molar-refractivity contribution in [1.29, 1.82) is 0 Å². The smallest absolute Gasteiger partial charge is 0.273 e. The van der Waals surface area contributed by atoms with Gasteiger partial charge in [0.25, 0.3) is 11.5 Å². The molecule has 5 nitrogen and oxygen atoms in total. The molecule has 2 heterocycles. The quantitative estimate of drug-likeness (QED) is 0.701. The minimum Gasteiger partial charge on any atom is -0.369 e. The van der Waals surface area contributed by atoms with Crippen LogP contribution in [0.5, 0.6) is 0 Å². The lowest BCUT2D eigenvalue weighted by Crippen LogP contribution is -2.24. The van der Waals surface area contributed by atoms with Gasteiger partial charge in [0.2, 0.25) is 5.91 Å². The Balaban J connectivity index is 2.08. The van der Waals surface area contributed by atoms with Gasteiger partial charge in [0.1, 0.15) is 5.82 Å². The fourth-order valence-electron chi connectivity index (χ4n) is 3.12. The van der Waals surface area contributed by atoms with Gasteiger partial charge in [0, 0.05) is 24.3 Å². The van der Waals surface area contributed by atoms with Gasteiger partial charge >= 0.3 is 0 Å². The van der Waals surface area contributed by atoms with Crippen molar-refractivity contribution >= 4 is 22.2 Å². The summed E-state index contributed by atoms with van der Waals surface area (Å²) in [6, 6.07) is 4.98. The van der Waals surface area contributed by atoms with E-state index in [9.17, 15) is 22.8 Å². The van der Waals surface area contributed by atoms with Gasteiger partial charge in [-0.05, 0) is 19.4 Å². The molecule has 3 aromatic rings. The molecule has 0 aliphatic heterocycles. The van der Waals surface area contributed by atoms with Crippen molar-refractivity contribution in [3.8, 4) is 0 Å². The summed E-state index contributed by atoms with van der Waals surface area (Å²) in [5.74, 6) is -5.58. The Hall–Kier alpha value is -2.68. The number of hydrogen-bond donors (Lipinski definition) is 1. The average molecular weight is 409 g/mol. The molecule has 0 saturated heterocycles. The second-order valence-electron chi connectivity index (χ2n) is 6.72. The van der Waals surface area contributed by atoms with Crippen LogP contribution in [0.25, 0.3) is 4.96 Å². The Morgan fingerprint density at radius 1 is 1.39 bits per heavy atom. The molecule has 0 spiro atoms. The number of thiazole rings is 1. The number of primary amides is 1. The normalized spacial score (nSPS) is 13.1. The number of halogens is 3. The molecule has 3 rings (SSSR count). The van der Waals surface area contributed by atoms with Gasteiger partial charge in [0.15, 0.2) is 4.96 Å². The van der Waals surface area contributed by atoms with Gasteiger partial charge in [-0.3, -0.25) is 14.0 Å². The van der Waals surface area contributed by atoms with Crippen molar-refractivity contribution in [3.63, 3.8) is 0 Å². The van der Waals surface area contributed by atoms with E-state index in [1.54, 1.807) is 13.8 Å². The minimum atomic E-state index is -3.32. The predicted octanol–water partition coefficient (Wildman–Crippen LogP) is 3.49. The highest BCUT2D eigenvalue weighted by Crippen LogP contribution is 2.31. The van der Waals surface area contributed by atoms with Crippen LogP contribution in [0, 0.1) is 12.7 Å². The number of carbonyl (C=O) groups excluding carboxylic acids is 1. The number of aromatic nitrogens is 2. The van der Waals surface area contributed by atoms with Gasteiger partial charge in [-0.1, -0.05) is 18.2 Å². The van der Waals surface area contributed by atoms with E-state index in [0.717, 1.165) is 6.07 Å². The zero-order valence-corrected chi connectivity index (χ0v) is 16.2. The molecule has 1 atom stereocenters. The highest BCUT2D eigenvalue weighted by Gasteiger charge is 2.29. The maximum atomic E-state index is 14.5. The summed E-state index contributed by atoms with van der Waals surface area (Å²) in [4.78, 5) is 29.6. The van der Waals surface area contributed by atoms with Gasteiger partial charge in [-0.15, -0.1) is 11.3 Å². The van der Waals surface area contributed by atoms with Crippen LogP contribution in [0.3, 0.4) is 0 Å². The standard InChI is InChI=1S/C19H18F3N3O2S/c1-9(17(23)27)16-10(2)28-18-24-12(8-14(26)25(16)18)7-11-5-4-6-13(15(11)20)19(3,21)22/h4-6,8-9H,7H2,1-3H3,(H2,23,27). The Morgan fingerprint density at radius 2 is 2.07 bits per heavy atom. The molecule has 0 aliphatic carbocycles. The van der Waals surface area contributed by atoms with Crippen LogP contribution in [0.15, 0.2) is 29.1 Å². The summed E-state index contributed by atoms with van der Waals surface area (Å²) >= 11 is 1.21. The number of nitrogens with two attached hydrogens (primary N) is 1. The largest absolute Gasteiger partial charge is 0.369 e. The molecule has 2 aromatic heterocycles. The maximum Gasteiger partial charge on any atom is 0.273 e. The van der Waals surface area contributed by atoms with Crippen molar-refractivity contribution in [3.05, 3.63) is 67.8 Å². The van der Waals surface area contributed by atoms with Crippen LogP contribution in [-0.4, -0.2) is 15.3 Å². The fraction of sp³-hybridized carbons (Fsp3) is 0.316. The molecule has 0 bridgehead atoms. The van der Waals surface area contributed by atoms with E-state index in [1.807, 2.05) is 0 Å². The van der Waals surface area contributed by atoms with Crippen LogP contribution in [0.4, 0.5) is 13.2 Å². The monoisotopic (exact) mass is 409 g/mol. The second kappa shape index (κ2) is 7.05. The summed E-state index contributed by atoms with van der Waals surface area (Å²) in [5, 5.41) is 0. The molecule has 2 N–H and O–H groups in total. The number of rotatable bonds is 5. The van der Waals surface area contributed by atoms with Crippen LogP contribution >= 0.6 is 11.3 Å². The fourth-order valence-corrected chi connectivity index (χ4v) is 4.21. The average Bonchev–Trinajstić information content (AvgIpc) is 2.91. The summed E-state index contributed by atoms with van der Waals surface area (Å²) in [7, 11) is 0. The summed E-state index contributed by atoms with van der Waals surface area (Å²) < 4.78 is 42.9. The lowest BCUT2D eigenvalue weighted by molar-refractivity contribution is -0.119. The lowest BCUT2D eigenvalue weighted by Gasteiger charge is -2.14. The molecule has 1 amide bonds. The number of amides is 1. The Bertz CT molecular complexity index is 1130. The number of nitrogens with zero attached hydrogens (tertiary/aromatic N) is 2. The number of aryl methyl sites for hydroxylation is 1. The Morgan fingerprint density at radius 3 is 2.68 bits per heavy atom. The highest BCUT2D eigenvalue weighted by atomic mass is 32.1. The SMILES string of the molecule is Cc1sc2nc(Cc3cccc(C(C)(F)F)c3F)cc(=O)n2c1C(C)C(N)=O. The zero-order chi connectivity index (χ0) is 20.8. The third-order valence-electron chi connectivity index (χ3n) is 4.55. The summed E-state index contributed by atoms with van der Waals surface area (Å²) in [5.41, 5.74) is 4.96. The molecular formula is C19H18F3N3O2S. The molecule has 148 valence electrons.